The third-order valence-electron chi connectivity index (χ3n) is 4.41. The summed E-state index contributed by atoms with van der Waals surface area (Å²) in [6, 6.07) is 12.2. The summed E-state index contributed by atoms with van der Waals surface area (Å²) < 4.78 is 24.2. The van der Waals surface area contributed by atoms with Crippen LogP contribution in [-0.4, -0.2) is 46.8 Å². The van der Waals surface area contributed by atoms with Crippen LogP contribution in [0, 0.1) is 13.8 Å². The molecule has 2 aromatic carbocycles. The highest BCUT2D eigenvalue weighted by Gasteiger charge is 2.14. The minimum absolute atomic E-state index is 0.0632. The van der Waals surface area contributed by atoms with Crippen molar-refractivity contribution in [2.75, 3.05) is 12.3 Å². The van der Waals surface area contributed by atoms with Crippen molar-refractivity contribution >= 4 is 27.7 Å². The lowest BCUT2D eigenvalue weighted by Crippen LogP contribution is -2.27. The van der Waals surface area contributed by atoms with Gasteiger partial charge in [0.2, 0.25) is 21.1 Å². The van der Waals surface area contributed by atoms with Crippen LogP contribution in [0.3, 0.4) is 0 Å². The van der Waals surface area contributed by atoms with Crippen LogP contribution >= 0.6 is 11.8 Å². The number of primary sulfonamides is 1. The van der Waals surface area contributed by atoms with Crippen LogP contribution in [0.2, 0.25) is 0 Å². The highest BCUT2D eigenvalue weighted by Crippen LogP contribution is 2.23. The minimum Gasteiger partial charge on any atom is -0.355 e. The van der Waals surface area contributed by atoms with Gasteiger partial charge in [0.15, 0.2) is 0 Å². The molecular formula is C19H22N6O3S2. The van der Waals surface area contributed by atoms with E-state index in [-0.39, 0.29) is 16.6 Å². The second-order valence-electron chi connectivity index (χ2n) is 6.69. The maximum atomic E-state index is 12.2. The standard InChI is InChI=1S/C19H22N6O3S2/c1-13-4-3-5-14(2)18(13)25-19(22-23-24-25)29-12-17(26)21-11-10-15-6-8-16(9-7-15)30(20,27)28/h3-9H,10-12H2,1-2H3,(H,21,26)(H2,20,27,28). The van der Waals surface area contributed by atoms with Crippen LogP contribution in [0.4, 0.5) is 0 Å². The second kappa shape index (κ2) is 9.37. The number of hydrogen-bond acceptors (Lipinski definition) is 7. The summed E-state index contributed by atoms with van der Waals surface area (Å²) in [5.41, 5.74) is 3.90. The number of hydrogen-bond donors (Lipinski definition) is 2. The highest BCUT2D eigenvalue weighted by molar-refractivity contribution is 7.99. The molecule has 1 amide bonds. The van der Waals surface area contributed by atoms with Gasteiger partial charge < -0.3 is 5.32 Å². The number of thioether (sulfide) groups is 1. The molecule has 9 nitrogen and oxygen atoms in total. The molecule has 0 aliphatic carbocycles. The van der Waals surface area contributed by atoms with Crippen molar-refractivity contribution < 1.29 is 13.2 Å². The molecule has 3 rings (SSSR count). The predicted molar refractivity (Wildman–Crippen MR) is 114 cm³/mol. The van der Waals surface area contributed by atoms with Gasteiger partial charge in [-0.25, -0.2) is 13.6 Å². The second-order valence-corrected chi connectivity index (χ2v) is 9.20. The summed E-state index contributed by atoms with van der Waals surface area (Å²) in [4.78, 5) is 12.3. The van der Waals surface area contributed by atoms with E-state index in [0.29, 0.717) is 18.1 Å². The molecule has 3 aromatic rings. The first-order chi connectivity index (χ1) is 14.3. The molecule has 3 N–H and O–H groups in total. The normalized spacial score (nSPS) is 11.4. The molecule has 0 unspecified atom stereocenters. The summed E-state index contributed by atoms with van der Waals surface area (Å²) in [6.07, 6.45) is 0.571. The molecule has 1 aromatic heterocycles. The number of nitrogens with two attached hydrogens (primary N) is 1. The molecule has 0 atom stereocenters. The Hall–Kier alpha value is -2.76. The van der Waals surface area contributed by atoms with Gasteiger partial charge in [0.1, 0.15) is 0 Å². The molecule has 0 aliphatic rings. The Morgan fingerprint density at radius 1 is 1.13 bits per heavy atom. The van der Waals surface area contributed by atoms with Crippen LogP contribution in [0.5, 0.6) is 0 Å². The Kier molecular flexibility index (Phi) is 6.85. The SMILES string of the molecule is Cc1cccc(C)c1-n1nnnc1SCC(=O)NCCc1ccc(S(N)(=O)=O)cc1. The summed E-state index contributed by atoms with van der Waals surface area (Å²) >= 11 is 1.26. The van der Waals surface area contributed by atoms with E-state index in [9.17, 15) is 13.2 Å². The Morgan fingerprint density at radius 2 is 1.80 bits per heavy atom. The van der Waals surface area contributed by atoms with E-state index in [2.05, 4.69) is 20.8 Å². The lowest BCUT2D eigenvalue weighted by molar-refractivity contribution is -0.118. The number of rotatable bonds is 8. The van der Waals surface area contributed by atoms with Gasteiger partial charge in [-0.3, -0.25) is 4.79 Å². The fourth-order valence-electron chi connectivity index (χ4n) is 2.92. The van der Waals surface area contributed by atoms with E-state index in [0.717, 1.165) is 22.4 Å². The number of carbonyl (C=O) groups is 1. The molecule has 0 spiro atoms. The maximum Gasteiger partial charge on any atom is 0.238 e. The number of nitrogens with one attached hydrogen (secondary N) is 1. The van der Waals surface area contributed by atoms with Crippen LogP contribution < -0.4 is 10.5 Å². The van der Waals surface area contributed by atoms with Gasteiger partial charge in [0.25, 0.3) is 0 Å². The van der Waals surface area contributed by atoms with E-state index in [1.165, 1.54) is 23.9 Å². The van der Waals surface area contributed by atoms with E-state index >= 15 is 0 Å². The third-order valence-corrected chi connectivity index (χ3v) is 6.26. The topological polar surface area (TPSA) is 133 Å². The summed E-state index contributed by atoms with van der Waals surface area (Å²) in [5, 5.41) is 20.3. The zero-order chi connectivity index (χ0) is 21.7. The van der Waals surface area contributed by atoms with Crippen molar-refractivity contribution in [3.8, 4) is 5.69 Å². The summed E-state index contributed by atoms with van der Waals surface area (Å²) in [5.74, 6) is 0.0348. The van der Waals surface area contributed by atoms with E-state index in [1.54, 1.807) is 16.8 Å². The fourth-order valence-corrected chi connectivity index (χ4v) is 4.14. The van der Waals surface area contributed by atoms with E-state index in [4.69, 9.17) is 5.14 Å². The van der Waals surface area contributed by atoms with Gasteiger partial charge in [-0.15, -0.1) is 5.10 Å². The monoisotopic (exact) mass is 446 g/mol. The maximum absolute atomic E-state index is 12.2. The number of para-hydroxylation sites is 1. The van der Waals surface area contributed by atoms with Crippen molar-refractivity contribution in [3.63, 3.8) is 0 Å². The zero-order valence-electron chi connectivity index (χ0n) is 16.6. The fraction of sp³-hybridized carbons (Fsp3) is 0.263. The van der Waals surface area contributed by atoms with Crippen molar-refractivity contribution in [3.05, 3.63) is 59.2 Å². The van der Waals surface area contributed by atoms with Gasteiger partial charge in [0, 0.05) is 6.54 Å². The zero-order valence-corrected chi connectivity index (χ0v) is 18.2. The number of sulfonamides is 1. The summed E-state index contributed by atoms with van der Waals surface area (Å²) in [7, 11) is -3.70. The van der Waals surface area contributed by atoms with Crippen LogP contribution in [0.25, 0.3) is 5.69 Å². The van der Waals surface area contributed by atoms with Gasteiger partial charge in [0.05, 0.1) is 16.3 Å². The summed E-state index contributed by atoms with van der Waals surface area (Å²) in [6.45, 7) is 4.40. The third kappa shape index (κ3) is 5.43. The van der Waals surface area contributed by atoms with Crippen molar-refractivity contribution in [2.45, 2.75) is 30.3 Å². The van der Waals surface area contributed by atoms with Crippen molar-refractivity contribution in [1.29, 1.82) is 0 Å². The van der Waals surface area contributed by atoms with Gasteiger partial charge in [-0.05, 0) is 59.5 Å². The Balaban J connectivity index is 1.52. The lowest BCUT2D eigenvalue weighted by Gasteiger charge is -2.10. The number of aryl methyl sites for hydroxylation is 2. The van der Waals surface area contributed by atoms with E-state index in [1.807, 2.05) is 32.0 Å². The largest absolute Gasteiger partial charge is 0.355 e. The Morgan fingerprint density at radius 3 is 2.43 bits per heavy atom. The first-order valence-electron chi connectivity index (χ1n) is 9.12. The lowest BCUT2D eigenvalue weighted by atomic mass is 10.1. The van der Waals surface area contributed by atoms with Crippen molar-refractivity contribution in [1.82, 2.24) is 25.5 Å². The van der Waals surface area contributed by atoms with Gasteiger partial charge in [-0.1, -0.05) is 42.1 Å². The predicted octanol–water partition coefficient (Wildman–Crippen LogP) is 1.38. The molecule has 0 radical (unpaired) electrons. The number of aromatic nitrogens is 4. The average molecular weight is 447 g/mol. The van der Waals surface area contributed by atoms with Crippen molar-refractivity contribution in [2.24, 2.45) is 5.14 Å². The number of nitrogens with zero attached hydrogens (tertiary/aromatic N) is 4. The molecule has 158 valence electrons. The Labute approximate surface area is 179 Å². The van der Waals surface area contributed by atoms with Gasteiger partial charge >= 0.3 is 0 Å². The molecule has 30 heavy (non-hydrogen) atoms. The molecule has 11 heteroatoms. The minimum atomic E-state index is -3.70. The van der Waals surface area contributed by atoms with Crippen LogP contribution in [-0.2, 0) is 21.2 Å². The Bertz CT molecular complexity index is 1120. The van der Waals surface area contributed by atoms with Gasteiger partial charge in [-0.2, -0.15) is 4.68 Å². The molecule has 0 saturated carbocycles. The average Bonchev–Trinajstić information content (AvgIpc) is 3.14. The van der Waals surface area contributed by atoms with Crippen LogP contribution in [0.1, 0.15) is 16.7 Å². The number of tetrazole rings is 1. The molecular weight excluding hydrogens is 424 g/mol. The number of benzene rings is 2. The molecule has 0 aliphatic heterocycles. The molecule has 1 heterocycles. The first-order valence-corrected chi connectivity index (χ1v) is 11.6. The first kappa shape index (κ1) is 21.9. The quantitative estimate of drug-likeness (QED) is 0.499. The smallest absolute Gasteiger partial charge is 0.238 e. The van der Waals surface area contributed by atoms with E-state index < -0.39 is 10.0 Å². The van der Waals surface area contributed by atoms with Crippen LogP contribution in [0.15, 0.2) is 52.5 Å². The molecule has 0 saturated heterocycles. The number of carbonyl (C=O) groups excluding carboxylic acids is 1. The molecule has 0 fully saturated rings. The number of amides is 1. The highest BCUT2D eigenvalue weighted by atomic mass is 32.2. The molecule has 0 bridgehead atoms.